The summed E-state index contributed by atoms with van der Waals surface area (Å²) in [6.07, 6.45) is 6.39. The molecular weight excluding hydrogens is 290 g/mol. The molecule has 6 heteroatoms. The molecule has 21 heavy (non-hydrogen) atoms. The molecule has 0 unspecified atom stereocenters. The van der Waals surface area contributed by atoms with Crippen LogP contribution in [0, 0.1) is 0 Å². The van der Waals surface area contributed by atoms with Crippen LogP contribution < -0.4 is 15.4 Å². The molecule has 0 atom stereocenters. The molecular formula is C15H22ClN3O2. The Morgan fingerprint density at radius 2 is 2.14 bits per heavy atom. The average Bonchev–Trinajstić information content (AvgIpc) is 2.49. The normalized spacial score (nSPS) is 21.6. The first-order chi connectivity index (χ1) is 10.2. The first kappa shape index (κ1) is 15.9. The van der Waals surface area contributed by atoms with Gasteiger partial charge in [0.05, 0.1) is 5.02 Å². The number of pyridine rings is 1. The lowest BCUT2D eigenvalue weighted by Crippen LogP contribution is -2.44. The van der Waals surface area contributed by atoms with Gasteiger partial charge in [-0.2, -0.15) is 0 Å². The lowest BCUT2D eigenvalue weighted by molar-refractivity contribution is 0.135. The van der Waals surface area contributed by atoms with Crippen LogP contribution >= 0.6 is 11.6 Å². The topological polar surface area (TPSA) is 63.2 Å². The highest BCUT2D eigenvalue weighted by atomic mass is 35.5. The van der Waals surface area contributed by atoms with Gasteiger partial charge >= 0.3 is 6.03 Å². The van der Waals surface area contributed by atoms with Gasteiger partial charge in [-0.15, -0.1) is 0 Å². The highest BCUT2D eigenvalue weighted by Gasteiger charge is 2.23. The van der Waals surface area contributed by atoms with Crippen LogP contribution in [-0.4, -0.2) is 29.7 Å². The third-order valence-electron chi connectivity index (χ3n) is 3.53. The van der Waals surface area contributed by atoms with Crippen molar-refractivity contribution < 1.29 is 9.53 Å². The van der Waals surface area contributed by atoms with Crippen molar-refractivity contribution in [1.82, 2.24) is 15.6 Å². The summed E-state index contributed by atoms with van der Waals surface area (Å²) in [4.78, 5) is 15.7. The van der Waals surface area contributed by atoms with Crippen molar-refractivity contribution in [2.45, 2.75) is 51.2 Å². The zero-order valence-electron chi connectivity index (χ0n) is 12.3. The molecule has 1 aromatic heterocycles. The number of rotatable bonds is 5. The number of hydrogen-bond donors (Lipinski definition) is 2. The Bertz CT molecular complexity index is 445. The maximum absolute atomic E-state index is 11.6. The van der Waals surface area contributed by atoms with Crippen LogP contribution in [0.15, 0.2) is 18.3 Å². The quantitative estimate of drug-likeness (QED) is 0.878. The molecule has 0 bridgehead atoms. The van der Waals surface area contributed by atoms with E-state index in [1.165, 1.54) is 0 Å². The van der Waals surface area contributed by atoms with Crippen LogP contribution in [-0.2, 0) is 0 Å². The van der Waals surface area contributed by atoms with E-state index in [4.69, 9.17) is 16.3 Å². The molecule has 1 aliphatic rings. The van der Waals surface area contributed by atoms with E-state index in [1.807, 2.05) is 6.92 Å². The Morgan fingerprint density at radius 3 is 2.76 bits per heavy atom. The molecule has 2 rings (SSSR count). The summed E-state index contributed by atoms with van der Waals surface area (Å²) in [5, 5.41) is 6.44. The minimum absolute atomic E-state index is 0.0689. The van der Waals surface area contributed by atoms with Crippen molar-refractivity contribution in [2.24, 2.45) is 0 Å². The van der Waals surface area contributed by atoms with E-state index in [1.54, 1.807) is 18.3 Å². The van der Waals surface area contributed by atoms with Crippen molar-refractivity contribution in [3.63, 3.8) is 0 Å². The monoisotopic (exact) mass is 311 g/mol. The second-order valence-electron chi connectivity index (χ2n) is 5.31. The van der Waals surface area contributed by atoms with Crippen molar-refractivity contribution in [3.8, 4) is 5.88 Å². The Hall–Kier alpha value is -1.49. The second-order valence-corrected chi connectivity index (χ2v) is 5.74. The van der Waals surface area contributed by atoms with E-state index in [0.717, 1.165) is 32.1 Å². The first-order valence-corrected chi connectivity index (χ1v) is 7.87. The Morgan fingerprint density at radius 1 is 1.38 bits per heavy atom. The average molecular weight is 312 g/mol. The van der Waals surface area contributed by atoms with Crippen LogP contribution in [0.5, 0.6) is 5.88 Å². The fraction of sp³-hybridized carbons (Fsp3) is 0.600. The molecule has 1 fully saturated rings. The molecule has 1 aromatic rings. The van der Waals surface area contributed by atoms with Crippen LogP contribution in [0.2, 0.25) is 5.02 Å². The van der Waals surface area contributed by atoms with Crippen LogP contribution in [0.1, 0.15) is 39.0 Å². The maximum Gasteiger partial charge on any atom is 0.315 e. The SMILES string of the molecule is CCCNC(=O)NC1CCC(Oc2ccc(Cl)cn2)CC1. The Labute approximate surface area is 130 Å². The van der Waals surface area contributed by atoms with Crippen molar-refractivity contribution in [1.29, 1.82) is 0 Å². The van der Waals surface area contributed by atoms with Gasteiger partial charge < -0.3 is 15.4 Å². The zero-order valence-corrected chi connectivity index (χ0v) is 13.0. The molecule has 0 spiro atoms. The first-order valence-electron chi connectivity index (χ1n) is 7.50. The minimum atomic E-state index is -0.0689. The van der Waals surface area contributed by atoms with Gasteiger partial charge in [-0.1, -0.05) is 18.5 Å². The lowest BCUT2D eigenvalue weighted by Gasteiger charge is -2.29. The summed E-state index contributed by atoms with van der Waals surface area (Å²) in [6, 6.07) is 3.72. The standard InChI is InChI=1S/C15H22ClN3O2/c1-2-9-17-15(20)19-12-4-6-13(7-5-12)21-14-8-3-11(16)10-18-14/h3,8,10,12-13H,2,4-7,9H2,1H3,(H2,17,19,20). The molecule has 0 aromatic carbocycles. The van der Waals surface area contributed by atoms with Gasteiger partial charge in [0, 0.05) is 24.8 Å². The summed E-state index contributed by atoms with van der Waals surface area (Å²) in [6.45, 7) is 2.75. The number of ether oxygens (including phenoxy) is 1. The van der Waals surface area contributed by atoms with E-state index < -0.39 is 0 Å². The van der Waals surface area contributed by atoms with Crippen LogP contribution in [0.25, 0.3) is 0 Å². The molecule has 1 saturated carbocycles. The molecule has 1 heterocycles. The highest BCUT2D eigenvalue weighted by molar-refractivity contribution is 6.30. The van der Waals surface area contributed by atoms with Gasteiger partial charge in [-0.3, -0.25) is 0 Å². The number of nitrogens with zero attached hydrogens (tertiary/aromatic N) is 1. The van der Waals surface area contributed by atoms with Crippen molar-refractivity contribution >= 4 is 17.6 Å². The van der Waals surface area contributed by atoms with Gasteiger partial charge in [0.2, 0.25) is 5.88 Å². The summed E-state index contributed by atoms with van der Waals surface area (Å²) in [7, 11) is 0. The number of halogens is 1. The number of urea groups is 1. The van der Waals surface area contributed by atoms with E-state index in [-0.39, 0.29) is 18.2 Å². The number of nitrogens with one attached hydrogen (secondary N) is 2. The molecule has 2 amide bonds. The molecule has 0 aliphatic heterocycles. The van der Waals surface area contributed by atoms with Gasteiger partial charge in [0.25, 0.3) is 0 Å². The van der Waals surface area contributed by atoms with Crippen molar-refractivity contribution in [3.05, 3.63) is 23.4 Å². The molecule has 0 radical (unpaired) electrons. The van der Waals surface area contributed by atoms with Crippen LogP contribution in [0.4, 0.5) is 4.79 Å². The number of hydrogen-bond acceptors (Lipinski definition) is 3. The fourth-order valence-corrected chi connectivity index (χ4v) is 2.51. The van der Waals surface area contributed by atoms with E-state index in [9.17, 15) is 4.79 Å². The predicted octanol–water partition coefficient (Wildman–Crippen LogP) is 3.13. The summed E-state index contributed by atoms with van der Waals surface area (Å²) < 4.78 is 5.83. The summed E-state index contributed by atoms with van der Waals surface area (Å²) >= 11 is 5.79. The summed E-state index contributed by atoms with van der Waals surface area (Å²) in [5.41, 5.74) is 0. The largest absolute Gasteiger partial charge is 0.474 e. The van der Waals surface area contributed by atoms with Gasteiger partial charge in [0.15, 0.2) is 0 Å². The molecule has 0 saturated heterocycles. The van der Waals surface area contributed by atoms with E-state index in [2.05, 4.69) is 15.6 Å². The Kier molecular flexibility index (Phi) is 6.11. The van der Waals surface area contributed by atoms with E-state index in [0.29, 0.717) is 17.4 Å². The third-order valence-corrected chi connectivity index (χ3v) is 3.76. The Balaban J connectivity index is 1.70. The highest BCUT2D eigenvalue weighted by Crippen LogP contribution is 2.23. The number of aromatic nitrogens is 1. The predicted molar refractivity (Wildman–Crippen MR) is 82.7 cm³/mol. The molecule has 116 valence electrons. The van der Waals surface area contributed by atoms with Gasteiger partial charge in [-0.25, -0.2) is 9.78 Å². The van der Waals surface area contributed by atoms with E-state index >= 15 is 0 Å². The smallest absolute Gasteiger partial charge is 0.315 e. The van der Waals surface area contributed by atoms with Crippen LogP contribution in [0.3, 0.4) is 0 Å². The van der Waals surface area contributed by atoms with Gasteiger partial charge in [0.1, 0.15) is 6.10 Å². The van der Waals surface area contributed by atoms with Crippen molar-refractivity contribution in [2.75, 3.05) is 6.54 Å². The zero-order chi connectivity index (χ0) is 15.1. The second kappa shape index (κ2) is 8.08. The lowest BCUT2D eigenvalue weighted by atomic mass is 9.93. The third kappa shape index (κ3) is 5.42. The molecule has 5 nitrogen and oxygen atoms in total. The number of amides is 2. The molecule has 1 aliphatic carbocycles. The number of carbonyl (C=O) groups is 1. The number of carbonyl (C=O) groups excluding carboxylic acids is 1. The summed E-state index contributed by atoms with van der Waals surface area (Å²) in [5.74, 6) is 0.608. The maximum atomic E-state index is 11.6. The molecule has 2 N–H and O–H groups in total. The fourth-order valence-electron chi connectivity index (χ4n) is 2.40. The minimum Gasteiger partial charge on any atom is -0.474 e. The van der Waals surface area contributed by atoms with Gasteiger partial charge in [-0.05, 0) is 38.2 Å².